The van der Waals surface area contributed by atoms with Crippen LogP contribution in [0, 0.1) is 4.84 Å². The molecule has 6 heteroatoms. The number of nitrogens with one attached hydrogen (secondary N) is 1. The maximum absolute atomic E-state index is 11.1. The lowest BCUT2D eigenvalue weighted by Gasteiger charge is -2.00. The molecular formula is C9H7N3O2S. The Morgan fingerprint density at radius 1 is 1.47 bits per heavy atom. The topological polar surface area (TPSA) is 84.9 Å². The number of hydrogen-bond donors (Lipinski definition) is 2. The second kappa shape index (κ2) is 3.66. The van der Waals surface area contributed by atoms with Crippen molar-refractivity contribution in [3.05, 3.63) is 34.7 Å². The van der Waals surface area contributed by atoms with Crippen LogP contribution in [0.25, 0.3) is 11.5 Å². The molecule has 1 heterocycles. The van der Waals surface area contributed by atoms with E-state index >= 15 is 0 Å². The highest BCUT2D eigenvalue weighted by Gasteiger charge is 2.12. The zero-order valence-electron chi connectivity index (χ0n) is 7.56. The largest absolute Gasteiger partial charge is 0.409 e. The van der Waals surface area contributed by atoms with Gasteiger partial charge in [0, 0.05) is 0 Å². The number of aromatic nitrogens is 2. The van der Waals surface area contributed by atoms with Crippen molar-refractivity contribution in [2.45, 2.75) is 0 Å². The summed E-state index contributed by atoms with van der Waals surface area (Å²) in [6, 6.07) is 6.76. The van der Waals surface area contributed by atoms with Crippen molar-refractivity contribution in [2.75, 3.05) is 0 Å². The van der Waals surface area contributed by atoms with Gasteiger partial charge in [-0.25, -0.2) is 5.10 Å². The Hall–Kier alpha value is -1.95. The van der Waals surface area contributed by atoms with Gasteiger partial charge in [0.1, 0.15) is 0 Å². The Morgan fingerprint density at radius 2 is 2.20 bits per heavy atom. The first-order chi connectivity index (χ1) is 7.18. The van der Waals surface area contributed by atoms with Crippen LogP contribution in [0.2, 0.25) is 0 Å². The third kappa shape index (κ3) is 1.79. The Balaban J connectivity index is 2.62. The molecule has 0 fully saturated rings. The summed E-state index contributed by atoms with van der Waals surface area (Å²) in [7, 11) is 0. The molecule has 5 nitrogen and oxygen atoms in total. The van der Waals surface area contributed by atoms with Crippen LogP contribution in [0.3, 0.4) is 0 Å². The number of rotatable bonds is 2. The summed E-state index contributed by atoms with van der Waals surface area (Å²) in [5.41, 5.74) is 6.09. The average molecular weight is 221 g/mol. The summed E-state index contributed by atoms with van der Waals surface area (Å²) in [6.07, 6.45) is 0. The van der Waals surface area contributed by atoms with Gasteiger partial charge in [0.15, 0.2) is 0 Å². The van der Waals surface area contributed by atoms with Crippen molar-refractivity contribution in [3.8, 4) is 11.5 Å². The summed E-state index contributed by atoms with van der Waals surface area (Å²) in [4.78, 5) is 11.3. The van der Waals surface area contributed by atoms with Crippen LogP contribution in [-0.2, 0) is 0 Å². The highest BCUT2D eigenvalue weighted by Crippen LogP contribution is 2.20. The van der Waals surface area contributed by atoms with Crippen LogP contribution >= 0.6 is 12.2 Å². The average Bonchev–Trinajstić information content (AvgIpc) is 2.65. The second-order valence-corrected chi connectivity index (χ2v) is 3.20. The number of aromatic amines is 1. The summed E-state index contributed by atoms with van der Waals surface area (Å²) < 4.78 is 5.10. The van der Waals surface area contributed by atoms with Crippen LogP contribution in [0.1, 0.15) is 10.4 Å². The van der Waals surface area contributed by atoms with Crippen LogP contribution in [0.4, 0.5) is 0 Å². The van der Waals surface area contributed by atoms with Gasteiger partial charge in [-0.3, -0.25) is 4.79 Å². The molecule has 0 spiro atoms. The zero-order chi connectivity index (χ0) is 10.8. The van der Waals surface area contributed by atoms with E-state index in [1.54, 1.807) is 24.3 Å². The Morgan fingerprint density at radius 3 is 2.80 bits per heavy atom. The van der Waals surface area contributed by atoms with Crippen LogP contribution in [0.5, 0.6) is 0 Å². The maximum Gasteiger partial charge on any atom is 0.284 e. The molecule has 1 aromatic carbocycles. The normalized spacial score (nSPS) is 10.1. The number of benzene rings is 1. The SMILES string of the molecule is NC(=O)c1ccccc1-c1n[nH]c(=S)o1. The number of hydrogen-bond acceptors (Lipinski definition) is 4. The number of carbonyl (C=O) groups is 1. The summed E-state index contributed by atoms with van der Waals surface area (Å²) in [6.45, 7) is 0. The molecule has 2 aromatic rings. The van der Waals surface area contributed by atoms with Gasteiger partial charge in [0.2, 0.25) is 11.8 Å². The molecule has 0 aliphatic rings. The predicted octanol–water partition coefficient (Wildman–Crippen LogP) is 1.50. The fourth-order valence-electron chi connectivity index (χ4n) is 1.23. The highest BCUT2D eigenvalue weighted by atomic mass is 32.1. The lowest BCUT2D eigenvalue weighted by Crippen LogP contribution is -2.12. The minimum Gasteiger partial charge on any atom is -0.409 e. The quantitative estimate of drug-likeness (QED) is 0.752. The summed E-state index contributed by atoms with van der Waals surface area (Å²) >= 11 is 4.74. The van der Waals surface area contributed by atoms with E-state index in [1.807, 2.05) is 0 Å². The molecule has 0 atom stereocenters. The highest BCUT2D eigenvalue weighted by molar-refractivity contribution is 7.71. The van der Waals surface area contributed by atoms with E-state index in [0.717, 1.165) is 0 Å². The molecular weight excluding hydrogens is 214 g/mol. The first kappa shape index (κ1) is 9.60. The van der Waals surface area contributed by atoms with Crippen molar-refractivity contribution in [2.24, 2.45) is 5.73 Å². The van der Waals surface area contributed by atoms with E-state index in [1.165, 1.54) is 0 Å². The fourth-order valence-corrected chi connectivity index (χ4v) is 1.35. The standard InChI is InChI=1S/C9H7N3O2S/c10-7(13)5-3-1-2-4-6(5)8-11-12-9(15)14-8/h1-4H,(H2,10,13)(H,12,15). The van der Waals surface area contributed by atoms with Crippen molar-refractivity contribution < 1.29 is 9.21 Å². The smallest absolute Gasteiger partial charge is 0.284 e. The third-order valence-electron chi connectivity index (χ3n) is 1.86. The molecule has 0 aliphatic carbocycles. The first-order valence-corrected chi connectivity index (χ1v) is 4.54. The molecule has 76 valence electrons. The van der Waals surface area contributed by atoms with Crippen molar-refractivity contribution in [1.29, 1.82) is 0 Å². The number of nitrogens with zero attached hydrogens (tertiary/aromatic N) is 1. The van der Waals surface area contributed by atoms with E-state index in [0.29, 0.717) is 11.1 Å². The van der Waals surface area contributed by atoms with Gasteiger partial charge in [-0.2, -0.15) is 0 Å². The fraction of sp³-hybridized carbons (Fsp3) is 0. The molecule has 0 bridgehead atoms. The monoisotopic (exact) mass is 221 g/mol. The predicted molar refractivity (Wildman–Crippen MR) is 55.6 cm³/mol. The van der Waals surface area contributed by atoms with Crippen LogP contribution in [-0.4, -0.2) is 16.1 Å². The number of carbonyl (C=O) groups excluding carboxylic acids is 1. The van der Waals surface area contributed by atoms with Gasteiger partial charge in [-0.15, -0.1) is 5.10 Å². The van der Waals surface area contributed by atoms with E-state index < -0.39 is 5.91 Å². The lowest BCUT2D eigenvalue weighted by molar-refractivity contribution is 0.100. The van der Waals surface area contributed by atoms with Gasteiger partial charge < -0.3 is 10.2 Å². The van der Waals surface area contributed by atoms with Gasteiger partial charge in [-0.1, -0.05) is 12.1 Å². The Kier molecular flexibility index (Phi) is 2.34. The van der Waals surface area contributed by atoms with E-state index in [9.17, 15) is 4.79 Å². The minimum absolute atomic E-state index is 0.157. The molecule has 0 saturated carbocycles. The van der Waals surface area contributed by atoms with Crippen molar-refractivity contribution in [1.82, 2.24) is 10.2 Å². The Bertz CT molecular complexity index is 558. The van der Waals surface area contributed by atoms with E-state index in [2.05, 4.69) is 10.2 Å². The van der Waals surface area contributed by atoms with Crippen molar-refractivity contribution >= 4 is 18.1 Å². The summed E-state index contributed by atoms with van der Waals surface area (Å²) in [5.74, 6) is -0.274. The molecule has 0 radical (unpaired) electrons. The molecule has 15 heavy (non-hydrogen) atoms. The molecule has 0 unspecified atom stereocenters. The lowest BCUT2D eigenvalue weighted by atomic mass is 10.1. The molecule has 0 saturated heterocycles. The molecule has 2 rings (SSSR count). The van der Waals surface area contributed by atoms with E-state index in [-0.39, 0.29) is 10.7 Å². The van der Waals surface area contributed by atoms with Crippen LogP contribution < -0.4 is 5.73 Å². The van der Waals surface area contributed by atoms with Gasteiger partial charge in [-0.05, 0) is 24.4 Å². The van der Waals surface area contributed by atoms with Crippen molar-refractivity contribution in [3.63, 3.8) is 0 Å². The first-order valence-electron chi connectivity index (χ1n) is 4.13. The Labute approximate surface area is 89.9 Å². The number of amides is 1. The molecule has 1 aromatic heterocycles. The molecule has 3 N–H and O–H groups in total. The minimum atomic E-state index is -0.533. The van der Waals surface area contributed by atoms with E-state index in [4.69, 9.17) is 22.4 Å². The molecule has 0 aliphatic heterocycles. The zero-order valence-corrected chi connectivity index (χ0v) is 8.38. The number of primary amides is 1. The molecule has 1 amide bonds. The van der Waals surface area contributed by atoms with Gasteiger partial charge in [0.05, 0.1) is 11.1 Å². The third-order valence-corrected chi connectivity index (χ3v) is 2.04. The number of nitrogens with two attached hydrogens (primary N) is 1. The maximum atomic E-state index is 11.1. The number of H-pyrrole nitrogens is 1. The van der Waals surface area contributed by atoms with Gasteiger partial charge >= 0.3 is 0 Å². The van der Waals surface area contributed by atoms with Gasteiger partial charge in [0.25, 0.3) is 4.84 Å². The summed E-state index contributed by atoms with van der Waals surface area (Å²) in [5, 5.41) is 6.30. The second-order valence-electron chi connectivity index (χ2n) is 2.83. The van der Waals surface area contributed by atoms with Crippen LogP contribution in [0.15, 0.2) is 28.7 Å².